The highest BCUT2D eigenvalue weighted by Crippen LogP contribution is 2.00. The summed E-state index contributed by atoms with van der Waals surface area (Å²) in [4.78, 5) is 15.3. The Labute approximate surface area is 97.3 Å². The van der Waals surface area contributed by atoms with Gasteiger partial charge in [-0.15, -0.1) is 0 Å². The zero-order valence-corrected chi connectivity index (χ0v) is 9.22. The van der Waals surface area contributed by atoms with Gasteiger partial charge in [0.1, 0.15) is 11.5 Å². The van der Waals surface area contributed by atoms with Crippen LogP contribution in [0.1, 0.15) is 23.8 Å². The van der Waals surface area contributed by atoms with Gasteiger partial charge >= 0.3 is 0 Å². The predicted octanol–water partition coefficient (Wildman–Crippen LogP) is 0.475. The zero-order chi connectivity index (χ0) is 12.8. The summed E-state index contributed by atoms with van der Waals surface area (Å²) in [5.74, 6) is -1.13. The molecule has 0 aliphatic carbocycles. The molecule has 1 amide bonds. The molecule has 92 valence electrons. The van der Waals surface area contributed by atoms with Gasteiger partial charge < -0.3 is 16.3 Å². The first-order chi connectivity index (χ1) is 8.08. The molecule has 1 heterocycles. The lowest BCUT2D eigenvalue weighted by molar-refractivity contribution is 0.0940. The number of hydrogen-bond donors (Lipinski definition) is 3. The smallest absolute Gasteiger partial charge is 0.270 e. The number of nitrogens with zero attached hydrogens (tertiary/aromatic N) is 2. The number of halogens is 1. The van der Waals surface area contributed by atoms with Crippen molar-refractivity contribution in [1.29, 1.82) is 0 Å². The summed E-state index contributed by atoms with van der Waals surface area (Å²) in [5, 5.41) is 13.8. The van der Waals surface area contributed by atoms with Gasteiger partial charge in [-0.1, -0.05) is 12.1 Å². The average molecular weight is 240 g/mol. The molecule has 1 atom stereocenters. The van der Waals surface area contributed by atoms with Gasteiger partial charge in [0.2, 0.25) is 0 Å². The number of carbonyl (C=O) groups excluding carboxylic acids is 1. The van der Waals surface area contributed by atoms with Crippen LogP contribution >= 0.6 is 0 Å². The van der Waals surface area contributed by atoms with E-state index in [1.165, 1.54) is 6.07 Å². The molecule has 0 spiro atoms. The Balaban J connectivity index is 2.74. The maximum Gasteiger partial charge on any atom is 0.270 e. The van der Waals surface area contributed by atoms with Gasteiger partial charge in [0.25, 0.3) is 5.91 Å². The van der Waals surface area contributed by atoms with Crippen LogP contribution in [0.2, 0.25) is 0 Å². The van der Waals surface area contributed by atoms with Crippen molar-refractivity contribution in [1.82, 2.24) is 10.3 Å². The lowest BCUT2D eigenvalue weighted by atomic mass is 10.2. The molecule has 0 bridgehead atoms. The van der Waals surface area contributed by atoms with Gasteiger partial charge in [0.05, 0.1) is 12.2 Å². The van der Waals surface area contributed by atoms with Gasteiger partial charge in [0.15, 0.2) is 5.84 Å². The molecule has 0 aliphatic heterocycles. The molecule has 0 aliphatic rings. The fourth-order valence-electron chi connectivity index (χ4n) is 1.20. The van der Waals surface area contributed by atoms with E-state index in [1.54, 1.807) is 6.92 Å². The third kappa shape index (κ3) is 3.40. The first kappa shape index (κ1) is 12.9. The second-order valence-electron chi connectivity index (χ2n) is 3.32. The SMILES string of the molecule is CCC(NC(=O)c1ccc(F)cn1)/C(N)=N/O. The lowest BCUT2D eigenvalue weighted by Gasteiger charge is -2.14. The van der Waals surface area contributed by atoms with Crippen molar-refractivity contribution < 1.29 is 14.4 Å². The molecule has 0 saturated heterocycles. The molecule has 1 unspecified atom stereocenters. The molecule has 1 aromatic heterocycles. The van der Waals surface area contributed by atoms with E-state index in [0.29, 0.717) is 6.42 Å². The van der Waals surface area contributed by atoms with E-state index in [4.69, 9.17) is 10.9 Å². The Morgan fingerprint density at radius 3 is 2.88 bits per heavy atom. The summed E-state index contributed by atoms with van der Waals surface area (Å²) in [6.45, 7) is 1.76. The van der Waals surface area contributed by atoms with E-state index in [0.717, 1.165) is 12.3 Å². The van der Waals surface area contributed by atoms with Crippen LogP contribution in [0, 0.1) is 5.82 Å². The number of nitrogens with two attached hydrogens (primary N) is 1. The molecule has 0 saturated carbocycles. The normalized spacial score (nSPS) is 13.2. The summed E-state index contributed by atoms with van der Waals surface area (Å²) in [6, 6.07) is 1.80. The Hall–Kier alpha value is -2.18. The Morgan fingerprint density at radius 1 is 1.71 bits per heavy atom. The summed E-state index contributed by atoms with van der Waals surface area (Å²) in [5.41, 5.74) is 5.45. The third-order valence-electron chi connectivity index (χ3n) is 2.15. The Kier molecular flexibility index (Phi) is 4.38. The number of amides is 1. The average Bonchev–Trinajstić information content (AvgIpc) is 2.35. The molecule has 1 aromatic rings. The fourth-order valence-corrected chi connectivity index (χ4v) is 1.20. The Morgan fingerprint density at radius 2 is 2.41 bits per heavy atom. The van der Waals surface area contributed by atoms with E-state index >= 15 is 0 Å². The van der Waals surface area contributed by atoms with E-state index in [1.807, 2.05) is 0 Å². The quantitative estimate of drug-likeness (QED) is 0.308. The molecular weight excluding hydrogens is 227 g/mol. The minimum Gasteiger partial charge on any atom is -0.409 e. The first-order valence-electron chi connectivity index (χ1n) is 4.98. The fraction of sp³-hybridized carbons (Fsp3) is 0.300. The van der Waals surface area contributed by atoms with Gasteiger partial charge in [-0.3, -0.25) is 4.79 Å². The number of pyridine rings is 1. The van der Waals surface area contributed by atoms with E-state index < -0.39 is 17.8 Å². The number of aromatic nitrogens is 1. The number of rotatable bonds is 4. The van der Waals surface area contributed by atoms with Gasteiger partial charge in [0, 0.05) is 0 Å². The number of hydrogen-bond acceptors (Lipinski definition) is 4. The van der Waals surface area contributed by atoms with Crippen molar-refractivity contribution in [3.05, 3.63) is 29.8 Å². The maximum atomic E-state index is 12.6. The summed E-state index contributed by atoms with van der Waals surface area (Å²) in [7, 11) is 0. The van der Waals surface area contributed by atoms with E-state index in [2.05, 4.69) is 15.5 Å². The monoisotopic (exact) mass is 240 g/mol. The predicted molar refractivity (Wildman–Crippen MR) is 59.1 cm³/mol. The highest BCUT2D eigenvalue weighted by Gasteiger charge is 2.16. The lowest BCUT2D eigenvalue weighted by Crippen LogP contribution is -2.44. The minimum atomic E-state index is -0.584. The van der Waals surface area contributed by atoms with Crippen LogP contribution in [-0.2, 0) is 0 Å². The number of nitrogens with one attached hydrogen (secondary N) is 1. The summed E-state index contributed by atoms with van der Waals surface area (Å²) < 4.78 is 12.6. The van der Waals surface area contributed by atoms with Crippen LogP contribution < -0.4 is 11.1 Å². The summed E-state index contributed by atoms with van der Waals surface area (Å²) in [6.07, 6.45) is 1.40. The van der Waals surface area contributed by atoms with Gasteiger partial charge in [-0.05, 0) is 18.6 Å². The van der Waals surface area contributed by atoms with Crippen LogP contribution in [-0.4, -0.2) is 28.0 Å². The number of oxime groups is 1. The van der Waals surface area contributed by atoms with Crippen LogP contribution in [0.5, 0.6) is 0 Å². The molecule has 4 N–H and O–H groups in total. The highest BCUT2D eigenvalue weighted by atomic mass is 19.1. The third-order valence-corrected chi connectivity index (χ3v) is 2.15. The largest absolute Gasteiger partial charge is 0.409 e. The molecule has 0 aromatic carbocycles. The van der Waals surface area contributed by atoms with Crippen molar-refractivity contribution in [3.8, 4) is 0 Å². The molecule has 0 radical (unpaired) electrons. The molecule has 0 fully saturated rings. The molecule has 17 heavy (non-hydrogen) atoms. The number of amidine groups is 1. The van der Waals surface area contributed by atoms with Crippen molar-refractivity contribution in [2.45, 2.75) is 19.4 Å². The van der Waals surface area contributed by atoms with Crippen molar-refractivity contribution in [2.24, 2.45) is 10.9 Å². The second kappa shape index (κ2) is 5.78. The Bertz CT molecular complexity index is 419. The summed E-state index contributed by atoms with van der Waals surface area (Å²) >= 11 is 0. The number of carbonyl (C=O) groups is 1. The van der Waals surface area contributed by atoms with Crippen LogP contribution in [0.15, 0.2) is 23.5 Å². The van der Waals surface area contributed by atoms with Crippen molar-refractivity contribution in [2.75, 3.05) is 0 Å². The van der Waals surface area contributed by atoms with E-state index in [-0.39, 0.29) is 11.5 Å². The molecule has 1 rings (SSSR count). The first-order valence-corrected chi connectivity index (χ1v) is 4.98. The maximum absolute atomic E-state index is 12.6. The van der Waals surface area contributed by atoms with E-state index in [9.17, 15) is 9.18 Å². The van der Waals surface area contributed by atoms with Crippen LogP contribution in [0.25, 0.3) is 0 Å². The molecule has 6 nitrogen and oxygen atoms in total. The van der Waals surface area contributed by atoms with Crippen molar-refractivity contribution >= 4 is 11.7 Å². The standard InChI is InChI=1S/C10H13FN4O2/c1-2-7(9(12)15-17)14-10(16)8-4-3-6(11)5-13-8/h3-5,7,17H,2H2,1H3,(H2,12,15)(H,14,16). The van der Waals surface area contributed by atoms with Crippen LogP contribution in [0.3, 0.4) is 0 Å². The molecular formula is C10H13FN4O2. The highest BCUT2D eigenvalue weighted by molar-refractivity contribution is 5.96. The van der Waals surface area contributed by atoms with Crippen LogP contribution in [0.4, 0.5) is 4.39 Å². The second-order valence-corrected chi connectivity index (χ2v) is 3.32. The minimum absolute atomic E-state index is 0.0654. The van der Waals surface area contributed by atoms with Crippen molar-refractivity contribution in [3.63, 3.8) is 0 Å². The topological polar surface area (TPSA) is 101 Å². The zero-order valence-electron chi connectivity index (χ0n) is 9.22. The van der Waals surface area contributed by atoms with Gasteiger partial charge in [-0.2, -0.15) is 0 Å². The van der Waals surface area contributed by atoms with Gasteiger partial charge in [-0.25, -0.2) is 9.37 Å². The molecule has 7 heteroatoms.